The zero-order valence-electron chi connectivity index (χ0n) is 7.46. The summed E-state index contributed by atoms with van der Waals surface area (Å²) in [5.74, 6) is 1.98. The minimum Gasteiger partial charge on any atom is -0.193 e. The number of rotatable bonds is 1. The van der Waals surface area contributed by atoms with Crippen molar-refractivity contribution in [2.45, 2.75) is 27.2 Å². The zero-order valence-corrected chi connectivity index (χ0v) is 7.46. The molecule has 0 saturated heterocycles. The predicted molar refractivity (Wildman–Crippen MR) is 45.8 cm³/mol. The number of allylic oxidation sites excluding steroid dienone is 2. The van der Waals surface area contributed by atoms with Gasteiger partial charge in [-0.3, -0.25) is 0 Å². The molecule has 0 spiro atoms. The first kappa shape index (κ1) is 8.33. The monoisotopic (exact) mass is 149 g/mol. The summed E-state index contributed by atoms with van der Waals surface area (Å²) in [7, 11) is 0. The summed E-state index contributed by atoms with van der Waals surface area (Å²) >= 11 is 0. The quantitative estimate of drug-likeness (QED) is 0.562. The molecule has 1 heteroatoms. The second kappa shape index (κ2) is 3.09. The molecule has 0 radical (unpaired) electrons. The van der Waals surface area contributed by atoms with Gasteiger partial charge >= 0.3 is 0 Å². The van der Waals surface area contributed by atoms with Crippen molar-refractivity contribution in [1.29, 1.82) is 5.26 Å². The lowest BCUT2D eigenvalue weighted by atomic mass is 9.88. The third kappa shape index (κ3) is 1.63. The first-order valence-corrected chi connectivity index (χ1v) is 4.26. The number of nitrogens with zero attached hydrogens (tertiary/aromatic N) is 1. The highest BCUT2D eigenvalue weighted by Crippen LogP contribution is 2.34. The highest BCUT2D eigenvalue weighted by molar-refractivity contribution is 5.27. The van der Waals surface area contributed by atoms with E-state index in [0.29, 0.717) is 17.8 Å². The van der Waals surface area contributed by atoms with Crippen molar-refractivity contribution in [1.82, 2.24) is 0 Å². The molecule has 0 bridgehead atoms. The van der Waals surface area contributed by atoms with Gasteiger partial charge in [-0.15, -0.1) is 0 Å². The molecule has 1 rings (SSSR count). The van der Waals surface area contributed by atoms with Gasteiger partial charge in [0.05, 0.1) is 6.07 Å². The van der Waals surface area contributed by atoms with Crippen LogP contribution in [-0.2, 0) is 0 Å². The fourth-order valence-corrected chi connectivity index (χ4v) is 1.88. The van der Waals surface area contributed by atoms with Crippen LogP contribution in [0, 0.1) is 29.1 Å². The molecular formula is C10H15N. The van der Waals surface area contributed by atoms with E-state index in [4.69, 9.17) is 5.26 Å². The van der Waals surface area contributed by atoms with Crippen LogP contribution in [0.15, 0.2) is 11.6 Å². The molecule has 0 amide bonds. The lowest BCUT2D eigenvalue weighted by molar-refractivity contribution is 0.357. The van der Waals surface area contributed by atoms with E-state index >= 15 is 0 Å². The van der Waals surface area contributed by atoms with E-state index in [1.54, 1.807) is 0 Å². The largest absolute Gasteiger partial charge is 0.193 e. The van der Waals surface area contributed by atoms with E-state index in [0.717, 1.165) is 12.0 Å². The molecule has 0 fully saturated rings. The third-order valence-corrected chi connectivity index (χ3v) is 2.51. The standard InChI is InChI=1S/C10H15N/c1-7(2)10-5-9(6-11)4-8(10)3/h5,7-8,10H,4H2,1-3H3/t8-,10+/m1/s1. The van der Waals surface area contributed by atoms with Gasteiger partial charge in [0.2, 0.25) is 0 Å². The van der Waals surface area contributed by atoms with Gasteiger partial charge in [0, 0.05) is 5.57 Å². The summed E-state index contributed by atoms with van der Waals surface area (Å²) in [5.41, 5.74) is 0.983. The minimum atomic E-state index is 0.629. The van der Waals surface area contributed by atoms with Crippen LogP contribution in [-0.4, -0.2) is 0 Å². The van der Waals surface area contributed by atoms with E-state index in [2.05, 4.69) is 32.9 Å². The first-order chi connectivity index (χ1) is 5.15. The molecule has 0 saturated carbocycles. The molecule has 1 aliphatic rings. The Bertz CT molecular complexity index is 207. The van der Waals surface area contributed by atoms with Crippen molar-refractivity contribution in [3.05, 3.63) is 11.6 Å². The second-order valence-corrected chi connectivity index (χ2v) is 3.81. The average Bonchev–Trinajstić information content (AvgIpc) is 2.30. The smallest absolute Gasteiger partial charge is 0.0943 e. The summed E-state index contributed by atoms with van der Waals surface area (Å²) in [6.07, 6.45) is 3.13. The Morgan fingerprint density at radius 1 is 1.64 bits per heavy atom. The van der Waals surface area contributed by atoms with Crippen LogP contribution >= 0.6 is 0 Å². The van der Waals surface area contributed by atoms with Crippen molar-refractivity contribution in [2.75, 3.05) is 0 Å². The highest BCUT2D eigenvalue weighted by Gasteiger charge is 2.25. The van der Waals surface area contributed by atoms with Crippen molar-refractivity contribution < 1.29 is 0 Å². The van der Waals surface area contributed by atoms with Gasteiger partial charge < -0.3 is 0 Å². The van der Waals surface area contributed by atoms with Gasteiger partial charge in [-0.05, 0) is 24.2 Å². The SMILES string of the molecule is CC(C)[C@@H]1C=C(C#N)C[C@H]1C. The predicted octanol–water partition coefficient (Wildman–Crippen LogP) is 2.75. The van der Waals surface area contributed by atoms with Crippen LogP contribution in [0.5, 0.6) is 0 Å². The molecule has 0 heterocycles. The second-order valence-electron chi connectivity index (χ2n) is 3.81. The van der Waals surface area contributed by atoms with E-state index < -0.39 is 0 Å². The maximum atomic E-state index is 8.67. The summed E-state index contributed by atoms with van der Waals surface area (Å²) in [6.45, 7) is 6.67. The molecule has 1 nitrogen and oxygen atoms in total. The van der Waals surface area contributed by atoms with Crippen LogP contribution < -0.4 is 0 Å². The molecule has 2 atom stereocenters. The maximum Gasteiger partial charge on any atom is 0.0943 e. The fourth-order valence-electron chi connectivity index (χ4n) is 1.88. The van der Waals surface area contributed by atoms with Gasteiger partial charge in [-0.2, -0.15) is 5.26 Å². The molecule has 0 unspecified atom stereocenters. The topological polar surface area (TPSA) is 23.8 Å². The maximum absolute atomic E-state index is 8.67. The lowest BCUT2D eigenvalue weighted by Gasteiger charge is -2.17. The third-order valence-electron chi connectivity index (χ3n) is 2.51. The Morgan fingerprint density at radius 2 is 2.27 bits per heavy atom. The molecule has 0 aliphatic heterocycles. The number of nitriles is 1. The summed E-state index contributed by atoms with van der Waals surface area (Å²) < 4.78 is 0. The Kier molecular flexibility index (Phi) is 2.34. The average molecular weight is 149 g/mol. The molecular weight excluding hydrogens is 134 g/mol. The number of hydrogen-bond acceptors (Lipinski definition) is 1. The molecule has 1 aliphatic carbocycles. The lowest BCUT2D eigenvalue weighted by Crippen LogP contribution is -2.10. The summed E-state index contributed by atoms with van der Waals surface area (Å²) in [4.78, 5) is 0. The van der Waals surface area contributed by atoms with Crippen LogP contribution in [0.3, 0.4) is 0 Å². The summed E-state index contributed by atoms with van der Waals surface area (Å²) in [6, 6.07) is 2.24. The number of hydrogen-bond donors (Lipinski definition) is 0. The van der Waals surface area contributed by atoms with Crippen LogP contribution in [0.2, 0.25) is 0 Å². The molecule has 0 aromatic rings. The van der Waals surface area contributed by atoms with Crippen LogP contribution in [0.1, 0.15) is 27.2 Å². The molecule has 0 N–H and O–H groups in total. The van der Waals surface area contributed by atoms with Crippen LogP contribution in [0.25, 0.3) is 0 Å². The van der Waals surface area contributed by atoms with Crippen molar-refractivity contribution >= 4 is 0 Å². The Labute approximate surface area is 68.7 Å². The zero-order chi connectivity index (χ0) is 8.43. The molecule has 60 valence electrons. The van der Waals surface area contributed by atoms with Gasteiger partial charge in [0.1, 0.15) is 0 Å². The first-order valence-electron chi connectivity index (χ1n) is 4.26. The molecule has 0 aromatic heterocycles. The molecule has 11 heavy (non-hydrogen) atoms. The van der Waals surface area contributed by atoms with E-state index in [1.807, 2.05) is 0 Å². The minimum absolute atomic E-state index is 0.629. The van der Waals surface area contributed by atoms with Gasteiger partial charge in [-0.1, -0.05) is 26.8 Å². The van der Waals surface area contributed by atoms with Crippen molar-refractivity contribution in [2.24, 2.45) is 17.8 Å². The Morgan fingerprint density at radius 3 is 2.55 bits per heavy atom. The van der Waals surface area contributed by atoms with E-state index in [1.165, 1.54) is 0 Å². The Balaban J connectivity index is 2.70. The van der Waals surface area contributed by atoms with Crippen LogP contribution in [0.4, 0.5) is 0 Å². The normalized spacial score (nSPS) is 30.3. The Hall–Kier alpha value is -0.770. The van der Waals surface area contributed by atoms with E-state index in [-0.39, 0.29) is 0 Å². The van der Waals surface area contributed by atoms with Gasteiger partial charge in [0.25, 0.3) is 0 Å². The van der Waals surface area contributed by atoms with Crippen molar-refractivity contribution in [3.63, 3.8) is 0 Å². The van der Waals surface area contributed by atoms with Crippen molar-refractivity contribution in [3.8, 4) is 6.07 Å². The van der Waals surface area contributed by atoms with Gasteiger partial charge in [0.15, 0.2) is 0 Å². The van der Waals surface area contributed by atoms with Gasteiger partial charge in [-0.25, -0.2) is 0 Å². The fraction of sp³-hybridized carbons (Fsp3) is 0.700. The van der Waals surface area contributed by atoms with E-state index in [9.17, 15) is 0 Å². The summed E-state index contributed by atoms with van der Waals surface area (Å²) in [5, 5.41) is 8.67. The highest BCUT2D eigenvalue weighted by atomic mass is 14.3. The molecule has 0 aromatic carbocycles.